The molecule has 0 amide bonds. The summed E-state index contributed by atoms with van der Waals surface area (Å²) in [6, 6.07) is 10.5. The number of methoxy groups -OCH3 is 1. The van der Waals surface area contributed by atoms with E-state index < -0.39 is 10.0 Å². The van der Waals surface area contributed by atoms with Gasteiger partial charge in [0.2, 0.25) is 10.0 Å². The number of nitrogens with zero attached hydrogens (tertiary/aromatic N) is 1. The van der Waals surface area contributed by atoms with E-state index in [1.807, 2.05) is 24.4 Å². The molecule has 0 aliphatic carbocycles. The van der Waals surface area contributed by atoms with Gasteiger partial charge in [-0.25, -0.2) is 8.42 Å². The van der Waals surface area contributed by atoms with Gasteiger partial charge in [-0.05, 0) is 48.2 Å². The molecular weight excluding hydrogens is 358 g/mol. The van der Waals surface area contributed by atoms with Gasteiger partial charge in [-0.2, -0.15) is 4.31 Å². The first-order valence-electron chi connectivity index (χ1n) is 7.69. The molecule has 3 rings (SSSR count). The Kier molecular flexibility index (Phi) is 5.27. The Balaban J connectivity index is 1.96. The van der Waals surface area contributed by atoms with Crippen LogP contribution >= 0.6 is 11.3 Å². The van der Waals surface area contributed by atoms with E-state index in [0.29, 0.717) is 12.3 Å². The van der Waals surface area contributed by atoms with Crippen molar-refractivity contribution in [1.29, 1.82) is 0 Å². The lowest BCUT2D eigenvalue weighted by Gasteiger charge is -2.21. The third kappa shape index (κ3) is 3.95. The summed E-state index contributed by atoms with van der Waals surface area (Å²) >= 11 is 1.53. The monoisotopic (exact) mass is 377 g/mol. The first kappa shape index (κ1) is 17.7. The number of thiophene rings is 1. The van der Waals surface area contributed by atoms with Crippen LogP contribution in [-0.2, 0) is 23.1 Å². The quantitative estimate of drug-likeness (QED) is 0.623. The average Bonchev–Trinajstić information content (AvgIpc) is 3.28. The Bertz CT molecular complexity index is 880. The third-order valence-corrected chi connectivity index (χ3v) is 6.50. The summed E-state index contributed by atoms with van der Waals surface area (Å²) in [5.41, 5.74) is 1.59. The molecule has 0 bridgehead atoms. The van der Waals surface area contributed by atoms with Gasteiger partial charge in [-0.15, -0.1) is 11.3 Å². The normalized spacial score (nSPS) is 11.8. The molecule has 0 radical (unpaired) electrons. The molecular formula is C18H19NO4S2. The molecule has 2 heterocycles. The Morgan fingerprint density at radius 2 is 2.04 bits per heavy atom. The average molecular weight is 377 g/mol. The molecule has 0 saturated heterocycles. The van der Waals surface area contributed by atoms with E-state index in [0.717, 1.165) is 16.0 Å². The molecule has 0 aliphatic heterocycles. The van der Waals surface area contributed by atoms with Crippen molar-refractivity contribution in [1.82, 2.24) is 4.31 Å². The molecule has 132 valence electrons. The second-order valence-corrected chi connectivity index (χ2v) is 8.59. The number of sulfonamides is 1. The zero-order valence-corrected chi connectivity index (χ0v) is 15.6. The van der Waals surface area contributed by atoms with Gasteiger partial charge in [0, 0.05) is 23.5 Å². The second kappa shape index (κ2) is 7.43. The maximum absolute atomic E-state index is 13.2. The van der Waals surface area contributed by atoms with E-state index >= 15 is 0 Å². The molecule has 5 nitrogen and oxygen atoms in total. The molecule has 2 aromatic heterocycles. The van der Waals surface area contributed by atoms with Gasteiger partial charge in [-0.3, -0.25) is 0 Å². The van der Waals surface area contributed by atoms with E-state index in [4.69, 9.17) is 9.15 Å². The number of aryl methyl sites for hydroxylation is 1. The highest BCUT2D eigenvalue weighted by molar-refractivity contribution is 7.89. The molecule has 0 fully saturated rings. The minimum Gasteiger partial charge on any atom is -0.496 e. The Hall–Kier alpha value is -2.09. The first-order valence-corrected chi connectivity index (χ1v) is 10.0. The van der Waals surface area contributed by atoms with Crippen LogP contribution in [0.25, 0.3) is 0 Å². The zero-order valence-electron chi connectivity index (χ0n) is 14.0. The number of furan rings is 1. The predicted octanol–water partition coefficient (Wildman–Crippen LogP) is 4.05. The van der Waals surface area contributed by atoms with Crippen molar-refractivity contribution in [3.8, 4) is 5.75 Å². The van der Waals surface area contributed by atoms with Gasteiger partial charge in [0.25, 0.3) is 0 Å². The Morgan fingerprint density at radius 3 is 2.64 bits per heavy atom. The fourth-order valence-electron chi connectivity index (χ4n) is 2.55. The zero-order chi connectivity index (χ0) is 17.9. The van der Waals surface area contributed by atoms with E-state index in [1.165, 1.54) is 15.6 Å². The van der Waals surface area contributed by atoms with Crippen LogP contribution in [0.5, 0.6) is 5.75 Å². The topological polar surface area (TPSA) is 59.8 Å². The minimum absolute atomic E-state index is 0.252. The van der Waals surface area contributed by atoms with Crippen LogP contribution in [0, 0.1) is 6.92 Å². The largest absolute Gasteiger partial charge is 0.496 e. The van der Waals surface area contributed by atoms with Crippen LogP contribution in [0.15, 0.2) is 63.6 Å². The standard InChI is InChI=1S/C18H19NO4S2/c1-14-10-17(5-6-18(14)22-2)25(20,21)19(11-15-7-8-23-13-15)12-16-4-3-9-24-16/h3-10,13H,11-12H2,1-2H3. The molecule has 25 heavy (non-hydrogen) atoms. The van der Waals surface area contributed by atoms with Crippen LogP contribution in [0.3, 0.4) is 0 Å². The van der Waals surface area contributed by atoms with E-state index in [1.54, 1.807) is 43.9 Å². The van der Waals surface area contributed by atoms with Crippen LogP contribution < -0.4 is 4.74 Å². The maximum Gasteiger partial charge on any atom is 0.243 e. The lowest BCUT2D eigenvalue weighted by Crippen LogP contribution is -2.30. The van der Waals surface area contributed by atoms with E-state index in [-0.39, 0.29) is 11.4 Å². The van der Waals surface area contributed by atoms with E-state index in [2.05, 4.69) is 0 Å². The van der Waals surface area contributed by atoms with Crippen LogP contribution in [-0.4, -0.2) is 19.8 Å². The lowest BCUT2D eigenvalue weighted by molar-refractivity contribution is 0.400. The molecule has 3 aromatic rings. The van der Waals surface area contributed by atoms with Crippen LogP contribution in [0.2, 0.25) is 0 Å². The molecule has 0 N–H and O–H groups in total. The highest BCUT2D eigenvalue weighted by atomic mass is 32.2. The molecule has 0 atom stereocenters. The first-order chi connectivity index (χ1) is 12.0. The fourth-order valence-corrected chi connectivity index (χ4v) is 4.84. The number of rotatable bonds is 7. The number of hydrogen-bond acceptors (Lipinski definition) is 5. The molecule has 0 aliphatic rings. The highest BCUT2D eigenvalue weighted by Gasteiger charge is 2.26. The summed E-state index contributed by atoms with van der Waals surface area (Å²) in [6.07, 6.45) is 3.11. The van der Waals surface area contributed by atoms with Gasteiger partial charge in [0.15, 0.2) is 0 Å². The van der Waals surface area contributed by atoms with Crippen LogP contribution in [0.4, 0.5) is 0 Å². The van der Waals surface area contributed by atoms with Gasteiger partial charge in [0.05, 0.1) is 24.5 Å². The summed E-state index contributed by atoms with van der Waals surface area (Å²) in [5, 5.41) is 1.94. The summed E-state index contributed by atoms with van der Waals surface area (Å²) in [5.74, 6) is 0.665. The van der Waals surface area contributed by atoms with Crippen molar-refractivity contribution in [2.24, 2.45) is 0 Å². The molecule has 0 spiro atoms. The summed E-state index contributed by atoms with van der Waals surface area (Å²) in [6.45, 7) is 2.40. The lowest BCUT2D eigenvalue weighted by atomic mass is 10.2. The SMILES string of the molecule is COc1ccc(S(=O)(=O)N(Cc2ccoc2)Cc2cccs2)cc1C. The van der Waals surface area contributed by atoms with Gasteiger partial charge in [-0.1, -0.05) is 6.07 Å². The predicted molar refractivity (Wildman–Crippen MR) is 97.2 cm³/mol. The van der Waals surface area contributed by atoms with Crippen molar-refractivity contribution in [3.63, 3.8) is 0 Å². The minimum atomic E-state index is -3.66. The number of benzene rings is 1. The van der Waals surface area contributed by atoms with E-state index in [9.17, 15) is 8.42 Å². The molecule has 0 unspecified atom stereocenters. The smallest absolute Gasteiger partial charge is 0.243 e. The Labute approximate surface area is 151 Å². The van der Waals surface area contributed by atoms with Gasteiger partial charge in [0.1, 0.15) is 5.75 Å². The highest BCUT2D eigenvalue weighted by Crippen LogP contribution is 2.26. The van der Waals surface area contributed by atoms with Crippen molar-refractivity contribution in [3.05, 3.63) is 70.3 Å². The number of hydrogen-bond donors (Lipinski definition) is 0. The summed E-state index contributed by atoms with van der Waals surface area (Å²) in [7, 11) is -2.09. The van der Waals surface area contributed by atoms with Gasteiger partial charge >= 0.3 is 0 Å². The Morgan fingerprint density at radius 1 is 1.20 bits per heavy atom. The van der Waals surface area contributed by atoms with Crippen molar-refractivity contribution >= 4 is 21.4 Å². The molecule has 7 heteroatoms. The summed E-state index contributed by atoms with van der Waals surface area (Å²) in [4.78, 5) is 1.24. The second-order valence-electron chi connectivity index (χ2n) is 5.62. The maximum atomic E-state index is 13.2. The molecule has 1 aromatic carbocycles. The van der Waals surface area contributed by atoms with Crippen LogP contribution in [0.1, 0.15) is 16.0 Å². The molecule has 0 saturated carbocycles. The van der Waals surface area contributed by atoms with Crippen molar-refractivity contribution in [2.75, 3.05) is 7.11 Å². The fraction of sp³-hybridized carbons (Fsp3) is 0.222. The van der Waals surface area contributed by atoms with Crippen molar-refractivity contribution in [2.45, 2.75) is 24.9 Å². The van der Waals surface area contributed by atoms with Crippen molar-refractivity contribution < 1.29 is 17.6 Å². The third-order valence-electron chi connectivity index (χ3n) is 3.86. The summed E-state index contributed by atoms with van der Waals surface area (Å²) < 4.78 is 38.2. The van der Waals surface area contributed by atoms with Gasteiger partial charge < -0.3 is 9.15 Å². The number of ether oxygens (including phenoxy) is 1.